The Bertz CT molecular complexity index is 806. The molecule has 0 aromatic rings. The Morgan fingerprint density at radius 1 is 0.235 bits per heavy atom. The van der Waals surface area contributed by atoms with Crippen LogP contribution in [0, 0.1) is 14.9 Å². The fraction of sp³-hybridized carbons (Fsp3) is 0.963. The molecule has 0 bridgehead atoms. The summed E-state index contributed by atoms with van der Waals surface area (Å²) in [6, 6.07) is 7.23. The molecule has 0 radical (unpaired) electrons. The van der Waals surface area contributed by atoms with E-state index in [9.17, 15) is 0 Å². The van der Waals surface area contributed by atoms with Crippen LogP contribution in [0.15, 0.2) is 0 Å². The summed E-state index contributed by atoms with van der Waals surface area (Å²) in [7, 11) is 0. The molecule has 0 aliphatic heterocycles. The van der Waals surface area contributed by atoms with Crippen LogP contribution >= 0.6 is 0 Å². The minimum absolute atomic E-state index is 0. The third-order valence-corrected chi connectivity index (χ3v) is 9.59. The molecule has 0 aromatic carbocycles. The van der Waals surface area contributed by atoms with Crippen LogP contribution in [-0.4, -0.2) is 239 Å². The van der Waals surface area contributed by atoms with Gasteiger partial charge in [0, 0.05) is 72.5 Å². The molecule has 0 saturated heterocycles. The first kappa shape index (κ1) is 87.3. The Hall–Kier alpha value is 2.66. The molecule has 0 heterocycles. The quantitative estimate of drug-likeness (QED) is 0.0348. The summed E-state index contributed by atoms with van der Waals surface area (Å²) in [4.78, 5) is 9.67. The van der Waals surface area contributed by atoms with Crippen molar-refractivity contribution in [3.63, 3.8) is 0 Å². The van der Waals surface area contributed by atoms with E-state index in [4.69, 9.17) is 21.3 Å². The fourth-order valence-electron chi connectivity index (χ4n) is 7.80. The summed E-state index contributed by atoms with van der Waals surface area (Å²) in [6.07, 6.45) is 0.500. The Balaban J connectivity index is -0.000000115. The van der Waals surface area contributed by atoms with E-state index in [-0.39, 0.29) is 138 Å². The maximum absolute atomic E-state index is 4.72. The van der Waals surface area contributed by atoms with E-state index in [1.54, 1.807) is 0 Å². The zero-order valence-corrected chi connectivity index (χ0v) is 61.4. The van der Waals surface area contributed by atoms with Crippen molar-refractivity contribution in [1.82, 2.24) is 40.9 Å². The van der Waals surface area contributed by atoms with Gasteiger partial charge in [0.15, 0.2) is 0 Å². The molecule has 0 fully saturated rings. The molecule has 0 saturated carbocycles. The second-order valence-corrected chi connectivity index (χ2v) is 22.3. The molecule has 0 aliphatic carbocycles. The standard InChI is InChI=1S/2C13H31N3.2C13H29N3.2CH3.2Ba/c4*1-9(2)14-13(15-10(3)4)16(11(5)6)12(7)8;;;;/h2*9-15H,1-8H3;2*9-13H,1-8H3;2*1H3;;/q;;2*-2;2*-1;2*+2. The molecule has 0 aromatic heterocycles. The summed E-state index contributed by atoms with van der Waals surface area (Å²) in [6.45, 7) is 70.0. The van der Waals surface area contributed by atoms with E-state index in [2.05, 4.69) is 262 Å². The molecular formula is C54H126Ba2N12-2. The Morgan fingerprint density at radius 2 is 0.368 bits per heavy atom. The van der Waals surface area contributed by atoms with Crippen LogP contribution in [0.2, 0.25) is 0 Å². The molecule has 408 valence electrons. The number of nitrogens with one attached hydrogen (secondary N) is 4. The van der Waals surface area contributed by atoms with E-state index in [0.717, 1.165) is 0 Å². The first-order chi connectivity index (χ1) is 29.0. The monoisotopic (exact) mass is 1220 g/mol. The second-order valence-electron chi connectivity index (χ2n) is 22.3. The third-order valence-electron chi connectivity index (χ3n) is 9.59. The van der Waals surface area contributed by atoms with Crippen molar-refractivity contribution in [3.05, 3.63) is 36.1 Å². The minimum atomic E-state index is -0.000000000000000444. The van der Waals surface area contributed by atoms with E-state index < -0.39 is 0 Å². The predicted octanol–water partition coefficient (Wildman–Crippen LogP) is 12.8. The first-order valence-corrected chi connectivity index (χ1v) is 25.9. The van der Waals surface area contributed by atoms with Gasteiger partial charge in [-0.3, -0.25) is 31.1 Å². The summed E-state index contributed by atoms with van der Waals surface area (Å²) >= 11 is 0. The predicted molar refractivity (Wildman–Crippen MR) is 315 cm³/mol. The molecule has 4 N–H and O–H groups in total. The van der Waals surface area contributed by atoms with Crippen LogP contribution < -0.4 is 21.3 Å². The maximum Gasteiger partial charge on any atom is 2.00 e. The van der Waals surface area contributed by atoms with Crippen LogP contribution in [0.3, 0.4) is 0 Å². The molecule has 0 atom stereocenters. The molecule has 0 amide bonds. The molecular weight excluding hydrogens is 1090 g/mol. The van der Waals surface area contributed by atoms with Gasteiger partial charge in [-0.15, -0.1) is 24.2 Å². The molecule has 0 rings (SSSR count). The van der Waals surface area contributed by atoms with Crippen LogP contribution in [0.1, 0.15) is 222 Å². The fourth-order valence-corrected chi connectivity index (χ4v) is 7.80. The van der Waals surface area contributed by atoms with Gasteiger partial charge in [0.25, 0.3) is 0 Å². The molecule has 14 heteroatoms. The van der Waals surface area contributed by atoms with Gasteiger partial charge in [-0.2, -0.15) is 12.6 Å². The number of hydrogen-bond donors (Lipinski definition) is 4. The van der Waals surface area contributed by atoms with E-state index in [1.807, 2.05) is 0 Å². The first-order valence-electron chi connectivity index (χ1n) is 25.9. The molecule has 68 heavy (non-hydrogen) atoms. The van der Waals surface area contributed by atoms with E-state index >= 15 is 0 Å². The average molecular weight is 1220 g/mol. The van der Waals surface area contributed by atoms with E-state index in [1.165, 1.54) is 0 Å². The van der Waals surface area contributed by atoms with Crippen molar-refractivity contribution < 1.29 is 0 Å². The molecule has 12 nitrogen and oxygen atoms in total. The van der Waals surface area contributed by atoms with Crippen molar-refractivity contribution in [2.45, 2.75) is 343 Å². The summed E-state index contributed by atoms with van der Waals surface area (Å²) < 4.78 is 0. The summed E-state index contributed by atoms with van der Waals surface area (Å²) in [5.41, 5.74) is 0. The van der Waals surface area contributed by atoms with Gasteiger partial charge in [0.1, 0.15) is 12.6 Å². The van der Waals surface area contributed by atoms with Crippen LogP contribution in [0.5, 0.6) is 0 Å². The maximum atomic E-state index is 4.72. The zero-order chi connectivity index (χ0) is 51.5. The smallest absolute Gasteiger partial charge is 0.663 e. The Morgan fingerprint density at radius 3 is 0.456 bits per heavy atom. The molecule has 0 unspecified atom stereocenters. The summed E-state index contributed by atoms with van der Waals surface area (Å²) in [5, 5.41) is 33.2. The van der Waals surface area contributed by atoms with Crippen molar-refractivity contribution >= 4 is 97.8 Å². The van der Waals surface area contributed by atoms with Crippen LogP contribution in [0.25, 0.3) is 21.3 Å². The normalized spacial score (nSPS) is 12.4. The largest absolute Gasteiger partial charge is 2.00 e. The van der Waals surface area contributed by atoms with E-state index in [0.29, 0.717) is 96.7 Å². The SMILES string of the molecule is CC(C)NC(NC(C)C)N(C(C)C)C(C)C.CC(C)NC(NC(C)C)N(C(C)C)C(C)C.CC(C)[N-]C([N-]C(C)C)N(C(C)C)C(C)C.CC(C)[N-]C([N-]C(C)C)N(C(C)C)C(C)C.[Ba+2].[Ba+2].[CH3-].[CH3-]. The molecule has 0 spiro atoms. The van der Waals surface area contributed by atoms with Gasteiger partial charge in [0.05, 0.1) is 0 Å². The second kappa shape index (κ2) is 48.1. The van der Waals surface area contributed by atoms with Crippen molar-refractivity contribution in [3.8, 4) is 0 Å². The van der Waals surface area contributed by atoms with Gasteiger partial charge < -0.3 is 45.9 Å². The average Bonchev–Trinajstić information content (AvgIpc) is 3.02. The Labute approximate surface area is 512 Å². The van der Waals surface area contributed by atoms with Gasteiger partial charge in [-0.25, -0.2) is 0 Å². The number of nitrogens with zero attached hydrogens (tertiary/aromatic N) is 8. The number of hydrogen-bond acceptors (Lipinski definition) is 8. The number of rotatable bonds is 28. The van der Waals surface area contributed by atoms with Crippen molar-refractivity contribution in [2.75, 3.05) is 0 Å². The third kappa shape index (κ3) is 46.0. The Kier molecular flexibility index (Phi) is 61.7. The summed E-state index contributed by atoms with van der Waals surface area (Å²) in [5.74, 6) is 0. The van der Waals surface area contributed by atoms with Crippen molar-refractivity contribution in [2.24, 2.45) is 0 Å². The van der Waals surface area contributed by atoms with Crippen LogP contribution in [0.4, 0.5) is 0 Å². The molecule has 0 aliphatic rings. The van der Waals surface area contributed by atoms with Gasteiger partial charge in [-0.1, -0.05) is 55.4 Å². The zero-order valence-electron chi connectivity index (χ0n) is 52.5. The minimum Gasteiger partial charge on any atom is -0.663 e. The van der Waals surface area contributed by atoms with Crippen LogP contribution in [-0.2, 0) is 0 Å². The van der Waals surface area contributed by atoms with Gasteiger partial charge >= 0.3 is 97.8 Å². The van der Waals surface area contributed by atoms with Crippen molar-refractivity contribution in [1.29, 1.82) is 0 Å². The topological polar surface area (TPSA) is 117 Å². The van der Waals surface area contributed by atoms with Gasteiger partial charge in [0.2, 0.25) is 0 Å². The van der Waals surface area contributed by atoms with Gasteiger partial charge in [-0.05, 0) is 166 Å².